The van der Waals surface area contributed by atoms with Gasteiger partial charge in [0.25, 0.3) is 0 Å². The van der Waals surface area contributed by atoms with Gasteiger partial charge in [-0.2, -0.15) is 0 Å². The summed E-state index contributed by atoms with van der Waals surface area (Å²) in [6.07, 6.45) is 75.1. The minimum absolute atomic E-state index is 0.0394. The lowest BCUT2D eigenvalue weighted by atomic mass is 10.0. The molecule has 1 amide bonds. The van der Waals surface area contributed by atoms with Crippen molar-refractivity contribution in [1.82, 2.24) is 5.32 Å². The Kier molecular flexibility index (Phi) is 57.4. The standard InChI is InChI=1S/C63H123NO4/c1-3-5-7-9-11-13-15-17-19-21-22-23-24-25-26-27-28-29-30-31-32-33-34-35-36-37-38-39-40-41-42-44-46-48-50-52-54-56-60(66)58-63(68)64-61(59-65)62(67)57-55-53-51-49-47-45-43-20-18-16-14-12-10-8-6-4-2/h28-29,31-32,60-62,65-67H,3-27,30,33-59H2,1-2H3,(H,64,68)/b29-28-,32-31-. The molecule has 0 aromatic heterocycles. The molecule has 0 spiro atoms. The van der Waals surface area contributed by atoms with Gasteiger partial charge in [-0.25, -0.2) is 0 Å². The van der Waals surface area contributed by atoms with Gasteiger partial charge in [-0.05, 0) is 44.9 Å². The predicted molar refractivity (Wildman–Crippen MR) is 301 cm³/mol. The largest absolute Gasteiger partial charge is 0.394 e. The third kappa shape index (κ3) is 54.2. The lowest BCUT2D eigenvalue weighted by Gasteiger charge is -2.23. The monoisotopic (exact) mass is 958 g/mol. The van der Waals surface area contributed by atoms with Crippen LogP contribution >= 0.6 is 0 Å². The van der Waals surface area contributed by atoms with Crippen molar-refractivity contribution in [1.29, 1.82) is 0 Å². The van der Waals surface area contributed by atoms with E-state index in [9.17, 15) is 20.1 Å². The van der Waals surface area contributed by atoms with Gasteiger partial charge in [0.2, 0.25) is 5.91 Å². The minimum atomic E-state index is -0.748. The zero-order valence-corrected chi connectivity index (χ0v) is 46.3. The van der Waals surface area contributed by atoms with Crippen LogP contribution in [0.1, 0.15) is 348 Å². The van der Waals surface area contributed by atoms with Crippen LogP contribution in [0.2, 0.25) is 0 Å². The summed E-state index contributed by atoms with van der Waals surface area (Å²) in [5.74, 6) is -0.278. The molecule has 0 aromatic rings. The zero-order chi connectivity index (χ0) is 49.3. The molecule has 0 bridgehead atoms. The van der Waals surface area contributed by atoms with Crippen molar-refractivity contribution in [2.24, 2.45) is 0 Å². The molecule has 0 radical (unpaired) electrons. The molecule has 0 saturated carbocycles. The molecule has 4 N–H and O–H groups in total. The van der Waals surface area contributed by atoms with Gasteiger partial charge in [-0.1, -0.05) is 321 Å². The summed E-state index contributed by atoms with van der Waals surface area (Å²) < 4.78 is 0. The second-order valence-corrected chi connectivity index (χ2v) is 21.7. The first-order valence-electron chi connectivity index (χ1n) is 31.1. The van der Waals surface area contributed by atoms with E-state index in [1.807, 2.05) is 0 Å². The summed E-state index contributed by atoms with van der Waals surface area (Å²) in [5.41, 5.74) is 0. The lowest BCUT2D eigenvalue weighted by Crippen LogP contribution is -2.46. The number of unbranched alkanes of at least 4 members (excludes halogenated alkanes) is 45. The fourth-order valence-electron chi connectivity index (χ4n) is 10.0. The van der Waals surface area contributed by atoms with E-state index in [4.69, 9.17) is 0 Å². The van der Waals surface area contributed by atoms with Crippen LogP contribution in [-0.2, 0) is 4.79 Å². The van der Waals surface area contributed by atoms with Gasteiger partial charge in [-0.3, -0.25) is 4.79 Å². The first-order chi connectivity index (χ1) is 33.5. The van der Waals surface area contributed by atoms with Crippen LogP contribution in [0.5, 0.6) is 0 Å². The average molecular weight is 959 g/mol. The predicted octanol–water partition coefficient (Wildman–Crippen LogP) is 19.6. The van der Waals surface area contributed by atoms with Gasteiger partial charge < -0.3 is 20.6 Å². The van der Waals surface area contributed by atoms with Crippen molar-refractivity contribution >= 4 is 5.91 Å². The molecule has 0 aliphatic heterocycles. The van der Waals surface area contributed by atoms with Crippen molar-refractivity contribution in [2.75, 3.05) is 6.61 Å². The molecular formula is C63H123NO4. The number of amides is 1. The van der Waals surface area contributed by atoms with Crippen LogP contribution < -0.4 is 5.32 Å². The molecule has 0 aliphatic carbocycles. The van der Waals surface area contributed by atoms with Gasteiger partial charge >= 0.3 is 0 Å². The van der Waals surface area contributed by atoms with E-state index < -0.39 is 18.2 Å². The number of rotatable bonds is 58. The molecule has 5 nitrogen and oxygen atoms in total. The highest BCUT2D eigenvalue weighted by molar-refractivity contribution is 5.76. The molecule has 0 saturated heterocycles. The first-order valence-corrected chi connectivity index (χ1v) is 31.1. The summed E-state index contributed by atoms with van der Waals surface area (Å²) in [4.78, 5) is 12.5. The Morgan fingerprint density at radius 1 is 0.368 bits per heavy atom. The molecule has 0 rings (SSSR count). The Morgan fingerprint density at radius 2 is 0.632 bits per heavy atom. The van der Waals surface area contributed by atoms with Crippen LogP contribution in [0.4, 0.5) is 0 Å². The quantitative estimate of drug-likeness (QED) is 0.0361. The minimum Gasteiger partial charge on any atom is -0.394 e. The fraction of sp³-hybridized carbons (Fsp3) is 0.921. The Labute approximate surface area is 426 Å². The van der Waals surface area contributed by atoms with E-state index in [-0.39, 0.29) is 18.9 Å². The van der Waals surface area contributed by atoms with E-state index in [0.717, 1.165) is 32.1 Å². The van der Waals surface area contributed by atoms with E-state index >= 15 is 0 Å². The fourth-order valence-corrected chi connectivity index (χ4v) is 10.0. The molecule has 0 aromatic carbocycles. The lowest BCUT2D eigenvalue weighted by molar-refractivity contribution is -0.125. The highest BCUT2D eigenvalue weighted by Gasteiger charge is 2.21. The SMILES string of the molecule is CCCCCCCCCCCCCCCCC/C=C\C/C=C\CCCCCCCCCCCCCCCCCC(O)CC(=O)NC(CO)C(O)CCCCCCCCCCCCCCCCCC. The van der Waals surface area contributed by atoms with E-state index in [0.29, 0.717) is 12.8 Å². The normalized spacial score (nSPS) is 13.3. The summed E-state index contributed by atoms with van der Waals surface area (Å²) in [7, 11) is 0. The highest BCUT2D eigenvalue weighted by Crippen LogP contribution is 2.18. The summed E-state index contributed by atoms with van der Waals surface area (Å²) in [6, 6.07) is -0.657. The Balaban J connectivity index is 3.46. The molecule has 5 heteroatoms. The topological polar surface area (TPSA) is 89.8 Å². The molecule has 68 heavy (non-hydrogen) atoms. The Morgan fingerprint density at radius 3 is 0.926 bits per heavy atom. The Hall–Kier alpha value is -1.17. The number of hydrogen-bond donors (Lipinski definition) is 4. The van der Waals surface area contributed by atoms with Crippen molar-refractivity contribution in [2.45, 2.75) is 366 Å². The number of nitrogens with one attached hydrogen (secondary N) is 1. The smallest absolute Gasteiger partial charge is 0.222 e. The number of carbonyl (C=O) groups is 1. The second kappa shape index (κ2) is 58.4. The maximum atomic E-state index is 12.5. The molecule has 404 valence electrons. The van der Waals surface area contributed by atoms with Crippen LogP contribution in [0.15, 0.2) is 24.3 Å². The van der Waals surface area contributed by atoms with Gasteiger partial charge in [0.15, 0.2) is 0 Å². The van der Waals surface area contributed by atoms with Crippen LogP contribution in [0.3, 0.4) is 0 Å². The van der Waals surface area contributed by atoms with Crippen molar-refractivity contribution in [3.05, 3.63) is 24.3 Å². The summed E-state index contributed by atoms with van der Waals surface area (Å²) in [6.45, 7) is 4.30. The number of hydrogen-bond acceptors (Lipinski definition) is 4. The third-order valence-corrected chi connectivity index (χ3v) is 14.8. The van der Waals surface area contributed by atoms with E-state index in [1.54, 1.807) is 0 Å². The highest BCUT2D eigenvalue weighted by atomic mass is 16.3. The first kappa shape index (κ1) is 66.8. The number of aliphatic hydroxyl groups is 3. The molecule has 3 atom stereocenters. The van der Waals surface area contributed by atoms with Crippen LogP contribution in [-0.4, -0.2) is 46.1 Å². The van der Waals surface area contributed by atoms with Crippen molar-refractivity contribution in [3.63, 3.8) is 0 Å². The van der Waals surface area contributed by atoms with Crippen molar-refractivity contribution < 1.29 is 20.1 Å². The molecular weight excluding hydrogens is 835 g/mol. The zero-order valence-electron chi connectivity index (χ0n) is 46.3. The number of aliphatic hydroxyl groups excluding tert-OH is 3. The van der Waals surface area contributed by atoms with Gasteiger partial charge in [-0.15, -0.1) is 0 Å². The average Bonchev–Trinajstić information content (AvgIpc) is 3.33. The molecule has 0 aliphatic rings. The van der Waals surface area contributed by atoms with Crippen molar-refractivity contribution in [3.8, 4) is 0 Å². The maximum absolute atomic E-state index is 12.5. The van der Waals surface area contributed by atoms with Gasteiger partial charge in [0.05, 0.1) is 31.3 Å². The number of carbonyl (C=O) groups excluding carboxylic acids is 1. The van der Waals surface area contributed by atoms with E-state index in [2.05, 4.69) is 43.5 Å². The van der Waals surface area contributed by atoms with E-state index in [1.165, 1.54) is 283 Å². The Bertz CT molecular complexity index is 1010. The molecule has 0 heterocycles. The molecule has 3 unspecified atom stereocenters. The van der Waals surface area contributed by atoms with Gasteiger partial charge in [0, 0.05) is 0 Å². The van der Waals surface area contributed by atoms with Crippen LogP contribution in [0.25, 0.3) is 0 Å². The summed E-state index contributed by atoms with van der Waals surface area (Å²) in [5, 5.41) is 33.6. The number of allylic oxidation sites excluding steroid dienone is 4. The third-order valence-electron chi connectivity index (χ3n) is 14.8. The summed E-state index contributed by atoms with van der Waals surface area (Å²) >= 11 is 0. The maximum Gasteiger partial charge on any atom is 0.222 e. The van der Waals surface area contributed by atoms with Crippen LogP contribution in [0, 0.1) is 0 Å². The second-order valence-electron chi connectivity index (χ2n) is 21.7. The van der Waals surface area contributed by atoms with Gasteiger partial charge in [0.1, 0.15) is 0 Å². The molecule has 0 fully saturated rings.